The minimum absolute atomic E-state index is 0.0845. The van der Waals surface area contributed by atoms with E-state index < -0.39 is 11.4 Å². The number of hydrogen-bond acceptors (Lipinski definition) is 8. The van der Waals surface area contributed by atoms with Gasteiger partial charge in [0.25, 0.3) is 5.85 Å². The van der Waals surface area contributed by atoms with Crippen LogP contribution in [0.25, 0.3) is 0 Å². The van der Waals surface area contributed by atoms with Crippen LogP contribution in [-0.2, 0) is 28.5 Å². The Kier molecular flexibility index (Phi) is 9.78. The van der Waals surface area contributed by atoms with E-state index in [0.29, 0.717) is 13.2 Å². The van der Waals surface area contributed by atoms with Crippen molar-refractivity contribution in [2.75, 3.05) is 40.0 Å². The lowest BCUT2D eigenvalue weighted by molar-refractivity contribution is -0.289. The molecule has 2 saturated heterocycles. The Bertz CT molecular complexity index is 665. The molecular weight excluding hydrogens is 436 g/mol. The van der Waals surface area contributed by atoms with Crippen LogP contribution in [0.1, 0.15) is 85.5 Å². The van der Waals surface area contributed by atoms with Gasteiger partial charge in [-0.25, -0.2) is 9.69 Å². The number of nitrogens with zero attached hydrogens (tertiary/aromatic N) is 2. The van der Waals surface area contributed by atoms with Gasteiger partial charge in [-0.15, -0.1) is 0 Å². The van der Waals surface area contributed by atoms with E-state index in [2.05, 4.69) is 9.80 Å². The Hall–Kier alpha value is -1.22. The maximum absolute atomic E-state index is 14.1. The van der Waals surface area contributed by atoms with Gasteiger partial charge < -0.3 is 18.9 Å². The number of likely N-dealkylation sites (tertiary alicyclic amines) is 2. The average molecular weight is 483 g/mol. The molecule has 0 spiro atoms. The van der Waals surface area contributed by atoms with Crippen molar-refractivity contribution in [1.82, 2.24) is 9.80 Å². The zero-order chi connectivity index (χ0) is 24.8. The molecule has 0 amide bonds. The van der Waals surface area contributed by atoms with E-state index in [0.717, 1.165) is 77.4 Å². The smallest absolute Gasteiger partial charge is 0.371 e. The fourth-order valence-corrected chi connectivity index (χ4v) is 5.66. The monoisotopic (exact) mass is 482 g/mol. The van der Waals surface area contributed by atoms with Crippen molar-refractivity contribution in [2.45, 2.75) is 109 Å². The number of methoxy groups -OCH3 is 1. The second-order valence-electron chi connectivity index (χ2n) is 10.9. The molecule has 0 bridgehead atoms. The molecular formula is C26H46N2O6. The van der Waals surface area contributed by atoms with Crippen LogP contribution in [0.5, 0.6) is 0 Å². The first-order valence-corrected chi connectivity index (χ1v) is 13.3. The summed E-state index contributed by atoms with van der Waals surface area (Å²) in [5, 5.41) is 0. The van der Waals surface area contributed by atoms with E-state index in [1.807, 2.05) is 27.7 Å². The van der Waals surface area contributed by atoms with Gasteiger partial charge in [0.2, 0.25) is 0 Å². The number of piperidine rings is 1. The standard InChI is InChI=1S/C26H46N2O6/c1-6-32-23(29)20-12-14-22(15-13-20)33-26(27-16-9-10-17-27,24(30)34-25(2,3)4)28-18-8-7-11-21(28)19-31-5/h20-22H,6-19H2,1-5H3. The summed E-state index contributed by atoms with van der Waals surface area (Å²) >= 11 is 0. The van der Waals surface area contributed by atoms with Crippen molar-refractivity contribution in [2.24, 2.45) is 5.92 Å². The molecule has 1 aliphatic carbocycles. The summed E-state index contributed by atoms with van der Waals surface area (Å²) in [6, 6.07) is 0.0859. The molecule has 0 aromatic rings. The minimum atomic E-state index is -1.27. The molecule has 2 aliphatic heterocycles. The van der Waals surface area contributed by atoms with Gasteiger partial charge >= 0.3 is 11.9 Å². The fourth-order valence-electron chi connectivity index (χ4n) is 5.66. The van der Waals surface area contributed by atoms with Gasteiger partial charge in [-0.3, -0.25) is 9.69 Å². The van der Waals surface area contributed by atoms with Crippen LogP contribution in [0, 0.1) is 5.92 Å². The number of rotatable bonds is 9. The van der Waals surface area contributed by atoms with Crippen molar-refractivity contribution in [3.63, 3.8) is 0 Å². The lowest BCUT2D eigenvalue weighted by atomic mass is 9.87. The fraction of sp³-hybridized carbons (Fsp3) is 0.923. The van der Waals surface area contributed by atoms with Gasteiger partial charge in [-0.05, 0) is 79.1 Å². The Morgan fingerprint density at radius 2 is 1.56 bits per heavy atom. The van der Waals surface area contributed by atoms with E-state index in [1.165, 1.54) is 0 Å². The number of carbonyl (C=O) groups excluding carboxylic acids is 2. The van der Waals surface area contributed by atoms with Gasteiger partial charge in [-0.1, -0.05) is 6.42 Å². The highest BCUT2D eigenvalue weighted by Gasteiger charge is 2.57. The first-order valence-electron chi connectivity index (χ1n) is 13.3. The summed E-state index contributed by atoms with van der Waals surface area (Å²) in [5.74, 6) is -1.79. The molecule has 2 heterocycles. The third kappa shape index (κ3) is 6.50. The average Bonchev–Trinajstić information content (AvgIpc) is 3.33. The molecule has 8 heteroatoms. The summed E-state index contributed by atoms with van der Waals surface area (Å²) in [4.78, 5) is 30.8. The summed E-state index contributed by atoms with van der Waals surface area (Å²) < 4.78 is 23.8. The Labute approximate surface area is 205 Å². The number of carbonyl (C=O) groups is 2. The topological polar surface area (TPSA) is 77.5 Å². The van der Waals surface area contributed by atoms with Gasteiger partial charge in [0.05, 0.1) is 25.2 Å². The van der Waals surface area contributed by atoms with E-state index in [9.17, 15) is 9.59 Å². The van der Waals surface area contributed by atoms with Crippen molar-refractivity contribution in [1.29, 1.82) is 0 Å². The molecule has 0 N–H and O–H groups in total. The highest BCUT2D eigenvalue weighted by molar-refractivity contribution is 5.79. The van der Waals surface area contributed by atoms with Crippen LogP contribution < -0.4 is 0 Å². The quantitative estimate of drug-likeness (QED) is 0.460. The SMILES string of the molecule is CCOC(=O)C1CCC(OC(C(=O)OC(C)(C)C)(N2CCCC2)N2CCCCC2COC)CC1. The predicted molar refractivity (Wildman–Crippen MR) is 129 cm³/mol. The molecule has 0 radical (unpaired) electrons. The van der Waals surface area contributed by atoms with Gasteiger partial charge in [0.15, 0.2) is 0 Å². The zero-order valence-corrected chi connectivity index (χ0v) is 22.0. The van der Waals surface area contributed by atoms with Crippen molar-refractivity contribution in [3.8, 4) is 0 Å². The lowest BCUT2D eigenvalue weighted by Gasteiger charge is -2.53. The normalized spacial score (nSPS) is 28.9. The first kappa shape index (κ1) is 27.4. The molecule has 0 aromatic carbocycles. The molecule has 8 nitrogen and oxygen atoms in total. The second kappa shape index (κ2) is 12.2. The molecule has 1 saturated carbocycles. The van der Waals surface area contributed by atoms with Crippen LogP contribution in [-0.4, -0.2) is 85.3 Å². The van der Waals surface area contributed by atoms with Crippen molar-refractivity contribution in [3.05, 3.63) is 0 Å². The van der Waals surface area contributed by atoms with E-state index in [1.54, 1.807) is 7.11 Å². The molecule has 34 heavy (non-hydrogen) atoms. The summed E-state index contributed by atoms with van der Waals surface area (Å²) in [5.41, 5.74) is -0.625. The molecule has 3 fully saturated rings. The highest BCUT2D eigenvalue weighted by Crippen LogP contribution is 2.39. The Morgan fingerprint density at radius 1 is 0.912 bits per heavy atom. The number of ether oxygens (including phenoxy) is 4. The van der Waals surface area contributed by atoms with Gasteiger partial charge in [0.1, 0.15) is 5.60 Å². The number of hydrogen-bond donors (Lipinski definition) is 0. The molecule has 0 aromatic heterocycles. The van der Waals surface area contributed by atoms with E-state index >= 15 is 0 Å². The summed E-state index contributed by atoms with van der Waals surface area (Å²) in [6.45, 7) is 10.9. The summed E-state index contributed by atoms with van der Waals surface area (Å²) in [7, 11) is 1.72. The minimum Gasteiger partial charge on any atom is -0.466 e. The zero-order valence-electron chi connectivity index (χ0n) is 22.0. The highest BCUT2D eigenvalue weighted by atomic mass is 16.6. The largest absolute Gasteiger partial charge is 0.466 e. The van der Waals surface area contributed by atoms with Gasteiger partial charge in [0, 0.05) is 32.8 Å². The van der Waals surface area contributed by atoms with Crippen LogP contribution in [0.3, 0.4) is 0 Å². The van der Waals surface area contributed by atoms with Crippen molar-refractivity contribution < 1.29 is 28.5 Å². The Morgan fingerprint density at radius 3 is 2.15 bits per heavy atom. The third-order valence-electron chi connectivity index (χ3n) is 7.20. The molecule has 2 atom stereocenters. The Balaban J connectivity index is 1.91. The van der Waals surface area contributed by atoms with Gasteiger partial charge in [-0.2, -0.15) is 0 Å². The predicted octanol–water partition coefficient (Wildman–Crippen LogP) is 3.72. The van der Waals surface area contributed by atoms with Crippen LogP contribution >= 0.6 is 0 Å². The molecule has 3 rings (SSSR count). The maximum atomic E-state index is 14.1. The first-order chi connectivity index (χ1) is 16.2. The lowest BCUT2D eigenvalue weighted by Crippen LogP contribution is -2.72. The molecule has 3 aliphatic rings. The number of esters is 2. The van der Waals surface area contributed by atoms with Crippen molar-refractivity contribution >= 4 is 11.9 Å². The summed E-state index contributed by atoms with van der Waals surface area (Å²) in [6.07, 6.45) is 7.92. The van der Waals surface area contributed by atoms with E-state index in [-0.39, 0.29) is 30.0 Å². The molecule has 196 valence electrons. The van der Waals surface area contributed by atoms with E-state index in [4.69, 9.17) is 18.9 Å². The second-order valence-corrected chi connectivity index (χ2v) is 10.9. The van der Waals surface area contributed by atoms with Crippen LogP contribution in [0.15, 0.2) is 0 Å². The molecule has 2 unspecified atom stereocenters. The van der Waals surface area contributed by atoms with Crippen LogP contribution in [0.2, 0.25) is 0 Å². The third-order valence-corrected chi connectivity index (χ3v) is 7.20. The van der Waals surface area contributed by atoms with Crippen LogP contribution in [0.4, 0.5) is 0 Å². The maximum Gasteiger partial charge on any atom is 0.371 e.